The normalized spacial score (nSPS) is 19.7. The van der Waals surface area contributed by atoms with E-state index in [4.69, 9.17) is 0 Å². The van der Waals surface area contributed by atoms with Crippen molar-refractivity contribution >= 4 is 33.4 Å². The first-order chi connectivity index (χ1) is 17.4. The van der Waals surface area contributed by atoms with Crippen LogP contribution in [0.4, 0.5) is 10.3 Å². The minimum Gasteiger partial charge on any atom is -0.352 e. The number of hydrogen-bond acceptors (Lipinski definition) is 6. The number of amides is 2. The van der Waals surface area contributed by atoms with E-state index in [1.54, 1.807) is 0 Å². The van der Waals surface area contributed by atoms with Crippen LogP contribution >= 0.6 is 11.3 Å². The second-order valence-corrected chi connectivity index (χ2v) is 11.4. The average Bonchev–Trinajstić information content (AvgIpc) is 3.58. The number of rotatable bonds is 7. The van der Waals surface area contributed by atoms with Crippen LogP contribution in [0.25, 0.3) is 11.1 Å². The molecule has 0 spiro atoms. The Bertz CT molecular complexity index is 1240. The van der Waals surface area contributed by atoms with Crippen molar-refractivity contribution in [3.05, 3.63) is 59.2 Å². The third kappa shape index (κ3) is 5.75. The van der Waals surface area contributed by atoms with E-state index in [0.29, 0.717) is 34.0 Å². The van der Waals surface area contributed by atoms with Crippen molar-refractivity contribution in [2.75, 3.05) is 29.9 Å². The molecule has 7 nitrogen and oxygen atoms in total. The molecule has 188 valence electrons. The summed E-state index contributed by atoms with van der Waals surface area (Å²) in [6.45, 7) is 9.23. The standard InChI is InChI=1S/C28H33N5O2S/c1-17-12-18(2)16-33(15-17)28-32-31-27(36-28)30-26(35)23-7-4-19(3)24(13-23)21-8-10-22(11-9-21)25(34)29-14-20-5-6-20/h4,7-11,13,17-18,20H,5-6,12,14-16H2,1-3H3,(H,29,34)(H,30,31,35). The van der Waals surface area contributed by atoms with Gasteiger partial charge in [-0.25, -0.2) is 0 Å². The Morgan fingerprint density at radius 3 is 2.36 bits per heavy atom. The molecule has 2 fully saturated rings. The highest BCUT2D eigenvalue weighted by Gasteiger charge is 2.25. The van der Waals surface area contributed by atoms with Crippen molar-refractivity contribution in [2.24, 2.45) is 17.8 Å². The maximum Gasteiger partial charge on any atom is 0.257 e. The van der Waals surface area contributed by atoms with Gasteiger partial charge in [-0.2, -0.15) is 0 Å². The smallest absolute Gasteiger partial charge is 0.257 e. The summed E-state index contributed by atoms with van der Waals surface area (Å²) >= 11 is 1.42. The summed E-state index contributed by atoms with van der Waals surface area (Å²) < 4.78 is 0. The first kappa shape index (κ1) is 24.4. The molecule has 2 aliphatic rings. The summed E-state index contributed by atoms with van der Waals surface area (Å²) in [7, 11) is 0. The SMILES string of the molecule is Cc1ccc(C(=O)Nc2nnc(N3CC(C)CC(C)C3)s2)cc1-c1ccc(C(=O)NCC2CC2)cc1. The number of piperidine rings is 1. The van der Waals surface area contributed by atoms with Gasteiger partial charge in [-0.15, -0.1) is 10.2 Å². The lowest BCUT2D eigenvalue weighted by Crippen LogP contribution is -2.38. The van der Waals surface area contributed by atoms with E-state index in [0.717, 1.165) is 41.5 Å². The van der Waals surface area contributed by atoms with E-state index >= 15 is 0 Å². The van der Waals surface area contributed by atoms with Gasteiger partial charge in [0.25, 0.3) is 11.8 Å². The molecule has 2 unspecified atom stereocenters. The highest BCUT2D eigenvalue weighted by molar-refractivity contribution is 7.19. The zero-order chi connectivity index (χ0) is 25.2. The van der Waals surface area contributed by atoms with Crippen molar-refractivity contribution in [3.63, 3.8) is 0 Å². The van der Waals surface area contributed by atoms with Crippen molar-refractivity contribution in [2.45, 2.75) is 40.0 Å². The summed E-state index contributed by atoms with van der Waals surface area (Å²) in [5.41, 5.74) is 4.19. The highest BCUT2D eigenvalue weighted by atomic mass is 32.1. The highest BCUT2D eigenvalue weighted by Crippen LogP contribution is 2.31. The molecule has 5 rings (SSSR count). The number of carbonyl (C=O) groups excluding carboxylic acids is 2. The van der Waals surface area contributed by atoms with Crippen LogP contribution in [0.2, 0.25) is 0 Å². The fraction of sp³-hybridized carbons (Fsp3) is 0.429. The van der Waals surface area contributed by atoms with Crippen molar-refractivity contribution in [3.8, 4) is 11.1 Å². The van der Waals surface area contributed by atoms with Crippen LogP contribution in [0, 0.1) is 24.7 Å². The Labute approximate surface area is 216 Å². The van der Waals surface area contributed by atoms with Gasteiger partial charge in [0.05, 0.1) is 0 Å². The Morgan fingerprint density at radius 1 is 0.972 bits per heavy atom. The van der Waals surface area contributed by atoms with Gasteiger partial charge in [-0.3, -0.25) is 14.9 Å². The molecule has 2 aromatic carbocycles. The predicted octanol–water partition coefficient (Wildman–Crippen LogP) is 5.39. The number of aryl methyl sites for hydroxylation is 1. The number of aromatic nitrogens is 2. The van der Waals surface area contributed by atoms with Gasteiger partial charge in [0, 0.05) is 30.8 Å². The van der Waals surface area contributed by atoms with E-state index in [9.17, 15) is 9.59 Å². The first-order valence-corrected chi connectivity index (χ1v) is 13.6. The zero-order valence-corrected chi connectivity index (χ0v) is 21.9. The Kier molecular flexibility index (Phi) is 7.05. The average molecular weight is 504 g/mol. The molecule has 2 atom stereocenters. The van der Waals surface area contributed by atoms with E-state index in [1.165, 1.54) is 30.6 Å². The van der Waals surface area contributed by atoms with Gasteiger partial charge in [0.15, 0.2) is 0 Å². The van der Waals surface area contributed by atoms with E-state index < -0.39 is 0 Å². The van der Waals surface area contributed by atoms with E-state index in [-0.39, 0.29) is 11.8 Å². The Hall–Kier alpha value is -3.26. The van der Waals surface area contributed by atoms with Crippen LogP contribution in [0.1, 0.15) is 59.4 Å². The molecular weight excluding hydrogens is 470 g/mol. The second kappa shape index (κ2) is 10.4. The minimum absolute atomic E-state index is 0.0387. The zero-order valence-electron chi connectivity index (χ0n) is 21.1. The third-order valence-electron chi connectivity index (χ3n) is 6.98. The largest absolute Gasteiger partial charge is 0.352 e. The van der Waals surface area contributed by atoms with Crippen LogP contribution in [0.3, 0.4) is 0 Å². The van der Waals surface area contributed by atoms with Gasteiger partial charge in [0.2, 0.25) is 10.3 Å². The van der Waals surface area contributed by atoms with Crippen LogP contribution in [0.15, 0.2) is 42.5 Å². The van der Waals surface area contributed by atoms with Crippen LogP contribution < -0.4 is 15.5 Å². The third-order valence-corrected chi connectivity index (χ3v) is 7.88. The molecule has 1 saturated carbocycles. The topological polar surface area (TPSA) is 87.2 Å². The minimum atomic E-state index is -0.213. The predicted molar refractivity (Wildman–Crippen MR) is 145 cm³/mol. The molecular formula is C28H33N5O2S. The van der Waals surface area contributed by atoms with Crippen LogP contribution in [0.5, 0.6) is 0 Å². The van der Waals surface area contributed by atoms with Gasteiger partial charge in [0.1, 0.15) is 0 Å². The van der Waals surface area contributed by atoms with Gasteiger partial charge in [-0.1, -0.05) is 43.4 Å². The molecule has 1 aliphatic heterocycles. The molecule has 1 aliphatic carbocycles. The number of benzene rings is 2. The van der Waals surface area contributed by atoms with Crippen molar-refractivity contribution in [1.82, 2.24) is 15.5 Å². The molecule has 2 amide bonds. The molecule has 0 bridgehead atoms. The molecule has 1 aromatic heterocycles. The molecule has 2 heterocycles. The number of nitrogens with zero attached hydrogens (tertiary/aromatic N) is 3. The molecule has 3 aromatic rings. The number of carbonyl (C=O) groups is 2. The van der Waals surface area contributed by atoms with Crippen molar-refractivity contribution in [1.29, 1.82) is 0 Å². The lowest BCUT2D eigenvalue weighted by Gasteiger charge is -2.34. The van der Waals surface area contributed by atoms with E-state index in [2.05, 4.69) is 39.6 Å². The first-order valence-electron chi connectivity index (χ1n) is 12.7. The summed E-state index contributed by atoms with van der Waals surface area (Å²) in [6, 6.07) is 13.2. The lowest BCUT2D eigenvalue weighted by molar-refractivity contribution is 0.0951. The number of nitrogens with one attached hydrogen (secondary N) is 2. The van der Waals surface area contributed by atoms with Gasteiger partial charge in [-0.05, 0) is 84.9 Å². The molecule has 36 heavy (non-hydrogen) atoms. The van der Waals surface area contributed by atoms with Crippen LogP contribution in [-0.2, 0) is 0 Å². The fourth-order valence-corrected chi connectivity index (χ4v) is 5.68. The van der Waals surface area contributed by atoms with E-state index in [1.807, 2.05) is 49.4 Å². The van der Waals surface area contributed by atoms with Gasteiger partial charge >= 0.3 is 0 Å². The fourth-order valence-electron chi connectivity index (χ4n) is 4.92. The molecule has 8 heteroatoms. The maximum atomic E-state index is 13.0. The molecule has 2 N–H and O–H groups in total. The monoisotopic (exact) mass is 503 g/mol. The van der Waals surface area contributed by atoms with Crippen LogP contribution in [-0.4, -0.2) is 41.6 Å². The summed E-state index contributed by atoms with van der Waals surface area (Å²) in [5.74, 6) is 1.63. The van der Waals surface area contributed by atoms with Crippen molar-refractivity contribution < 1.29 is 9.59 Å². The lowest BCUT2D eigenvalue weighted by atomic mass is 9.92. The molecule has 1 saturated heterocycles. The Balaban J connectivity index is 1.26. The summed E-state index contributed by atoms with van der Waals surface area (Å²) in [6.07, 6.45) is 3.64. The number of anilines is 2. The maximum absolute atomic E-state index is 13.0. The van der Waals surface area contributed by atoms with Gasteiger partial charge < -0.3 is 10.2 Å². The quantitative estimate of drug-likeness (QED) is 0.452. The second-order valence-electron chi connectivity index (χ2n) is 10.5. The Morgan fingerprint density at radius 2 is 1.67 bits per heavy atom. The summed E-state index contributed by atoms with van der Waals surface area (Å²) in [5, 5.41) is 15.8. The molecule has 0 radical (unpaired) electrons. The number of hydrogen-bond donors (Lipinski definition) is 2. The summed E-state index contributed by atoms with van der Waals surface area (Å²) in [4.78, 5) is 27.7.